The van der Waals surface area contributed by atoms with Gasteiger partial charge in [-0.25, -0.2) is 4.79 Å². The highest BCUT2D eigenvalue weighted by Gasteiger charge is 2.15. The van der Waals surface area contributed by atoms with Gasteiger partial charge in [-0.2, -0.15) is 0 Å². The van der Waals surface area contributed by atoms with Crippen LogP contribution in [-0.2, 0) is 4.79 Å². The summed E-state index contributed by atoms with van der Waals surface area (Å²) in [5, 5.41) is 21.6. The first kappa shape index (κ1) is 15.2. The number of nitro groups is 1. The maximum atomic E-state index is 11.8. The molecule has 0 aliphatic carbocycles. The number of rotatable bonds is 6. The predicted molar refractivity (Wildman–Crippen MR) is 71.5 cm³/mol. The number of carbonyl (C=O) groups is 2. The molecule has 0 atom stereocenters. The van der Waals surface area contributed by atoms with Gasteiger partial charge in [-0.15, -0.1) is 6.58 Å². The summed E-state index contributed by atoms with van der Waals surface area (Å²) in [5.74, 6) is -1.15. The Morgan fingerprint density at radius 2 is 2.00 bits per heavy atom. The molecular formula is C12H13N3O5. The van der Waals surface area contributed by atoms with Gasteiger partial charge in [0.15, 0.2) is 0 Å². The second kappa shape index (κ2) is 6.88. The van der Waals surface area contributed by atoms with Gasteiger partial charge in [0, 0.05) is 24.4 Å². The molecule has 106 valence electrons. The fourth-order valence-electron chi connectivity index (χ4n) is 1.41. The molecular weight excluding hydrogens is 266 g/mol. The number of non-ortho nitro benzene ring substituents is 1. The van der Waals surface area contributed by atoms with Crippen molar-refractivity contribution >= 4 is 23.4 Å². The zero-order chi connectivity index (χ0) is 15.1. The molecule has 0 aliphatic heterocycles. The number of urea groups is 1. The van der Waals surface area contributed by atoms with Crippen LogP contribution >= 0.6 is 0 Å². The maximum absolute atomic E-state index is 11.8. The van der Waals surface area contributed by atoms with Crippen molar-refractivity contribution in [2.75, 3.05) is 18.4 Å². The SMILES string of the molecule is C=CCN(CC(=O)O)C(=O)Nc1ccc([N+](=O)[O-])cc1. The van der Waals surface area contributed by atoms with E-state index in [1.807, 2.05) is 0 Å². The van der Waals surface area contributed by atoms with Crippen molar-refractivity contribution in [1.29, 1.82) is 0 Å². The minimum atomic E-state index is -1.15. The zero-order valence-electron chi connectivity index (χ0n) is 10.5. The molecule has 1 rings (SSSR count). The lowest BCUT2D eigenvalue weighted by molar-refractivity contribution is -0.384. The molecule has 0 unspecified atom stereocenters. The average Bonchev–Trinajstić information content (AvgIpc) is 2.38. The van der Waals surface area contributed by atoms with Crippen molar-refractivity contribution in [3.05, 3.63) is 47.0 Å². The molecule has 0 aliphatic rings. The number of amides is 2. The second-order valence-electron chi connectivity index (χ2n) is 3.80. The van der Waals surface area contributed by atoms with E-state index in [2.05, 4.69) is 11.9 Å². The number of nitrogens with zero attached hydrogens (tertiary/aromatic N) is 2. The second-order valence-corrected chi connectivity index (χ2v) is 3.80. The van der Waals surface area contributed by atoms with E-state index < -0.39 is 23.5 Å². The van der Waals surface area contributed by atoms with E-state index in [9.17, 15) is 19.7 Å². The fourth-order valence-corrected chi connectivity index (χ4v) is 1.41. The van der Waals surface area contributed by atoms with Crippen LogP contribution in [0.3, 0.4) is 0 Å². The molecule has 8 heteroatoms. The first-order valence-electron chi connectivity index (χ1n) is 5.57. The first-order chi connectivity index (χ1) is 9.43. The summed E-state index contributed by atoms with van der Waals surface area (Å²) >= 11 is 0. The standard InChI is InChI=1S/C12H13N3O5/c1-2-7-14(8-11(16)17)12(18)13-9-3-5-10(6-4-9)15(19)20/h2-6H,1,7-8H2,(H,13,18)(H,16,17). The van der Waals surface area contributed by atoms with Crippen molar-refractivity contribution in [3.63, 3.8) is 0 Å². The number of benzene rings is 1. The average molecular weight is 279 g/mol. The van der Waals surface area contributed by atoms with Gasteiger partial charge >= 0.3 is 12.0 Å². The Bertz CT molecular complexity index is 526. The molecule has 2 amide bonds. The number of hydrogen-bond acceptors (Lipinski definition) is 4. The lowest BCUT2D eigenvalue weighted by Crippen LogP contribution is -2.38. The molecule has 20 heavy (non-hydrogen) atoms. The molecule has 0 radical (unpaired) electrons. The number of carbonyl (C=O) groups excluding carboxylic acids is 1. The Labute approximate surface area is 114 Å². The molecule has 1 aromatic carbocycles. The van der Waals surface area contributed by atoms with Crippen LogP contribution < -0.4 is 5.32 Å². The van der Waals surface area contributed by atoms with E-state index >= 15 is 0 Å². The van der Waals surface area contributed by atoms with Crippen LogP contribution in [0.15, 0.2) is 36.9 Å². The lowest BCUT2D eigenvalue weighted by Gasteiger charge is -2.19. The Morgan fingerprint density at radius 1 is 1.40 bits per heavy atom. The van der Waals surface area contributed by atoms with Crippen molar-refractivity contribution in [2.24, 2.45) is 0 Å². The molecule has 0 bridgehead atoms. The van der Waals surface area contributed by atoms with E-state index in [4.69, 9.17) is 5.11 Å². The Balaban J connectivity index is 2.74. The minimum absolute atomic E-state index is 0.0745. The van der Waals surface area contributed by atoms with Gasteiger partial charge < -0.3 is 15.3 Å². The van der Waals surface area contributed by atoms with E-state index in [0.717, 1.165) is 4.90 Å². The summed E-state index contributed by atoms with van der Waals surface area (Å²) < 4.78 is 0. The lowest BCUT2D eigenvalue weighted by atomic mass is 10.3. The number of anilines is 1. The van der Waals surface area contributed by atoms with Crippen LogP contribution in [0.5, 0.6) is 0 Å². The van der Waals surface area contributed by atoms with Crippen LogP contribution in [0.2, 0.25) is 0 Å². The summed E-state index contributed by atoms with van der Waals surface area (Å²) in [6, 6.07) is 4.59. The fraction of sp³-hybridized carbons (Fsp3) is 0.167. The van der Waals surface area contributed by atoms with Crippen molar-refractivity contribution < 1.29 is 19.6 Å². The van der Waals surface area contributed by atoms with E-state index in [1.165, 1.54) is 30.3 Å². The monoisotopic (exact) mass is 279 g/mol. The van der Waals surface area contributed by atoms with E-state index in [-0.39, 0.29) is 12.2 Å². The highest BCUT2D eigenvalue weighted by molar-refractivity contribution is 5.91. The first-order valence-corrected chi connectivity index (χ1v) is 5.57. The summed E-state index contributed by atoms with van der Waals surface area (Å²) in [6.07, 6.45) is 1.40. The van der Waals surface area contributed by atoms with Gasteiger partial charge in [-0.3, -0.25) is 14.9 Å². The zero-order valence-corrected chi connectivity index (χ0v) is 10.5. The molecule has 8 nitrogen and oxygen atoms in total. The molecule has 0 heterocycles. The van der Waals surface area contributed by atoms with Crippen LogP contribution in [0.1, 0.15) is 0 Å². The van der Waals surface area contributed by atoms with Crippen molar-refractivity contribution in [2.45, 2.75) is 0 Å². The van der Waals surface area contributed by atoms with E-state index in [0.29, 0.717) is 5.69 Å². The number of carboxylic acid groups (broad SMARTS) is 1. The summed E-state index contributed by atoms with van der Waals surface area (Å²) in [7, 11) is 0. The molecule has 0 spiro atoms. The third-order valence-corrected chi connectivity index (χ3v) is 2.29. The molecule has 1 aromatic rings. The predicted octanol–water partition coefficient (Wildman–Crippen LogP) is 1.70. The number of carboxylic acids is 1. The summed E-state index contributed by atoms with van der Waals surface area (Å²) in [4.78, 5) is 33.4. The van der Waals surface area contributed by atoms with Gasteiger partial charge in [-0.1, -0.05) is 6.08 Å². The van der Waals surface area contributed by atoms with Crippen molar-refractivity contribution in [3.8, 4) is 0 Å². The van der Waals surface area contributed by atoms with Gasteiger partial charge in [0.05, 0.1) is 4.92 Å². The largest absolute Gasteiger partial charge is 0.480 e. The van der Waals surface area contributed by atoms with Crippen molar-refractivity contribution in [1.82, 2.24) is 4.90 Å². The van der Waals surface area contributed by atoms with E-state index in [1.54, 1.807) is 0 Å². The summed E-state index contributed by atoms with van der Waals surface area (Å²) in [6.45, 7) is 3.05. The Kier molecular flexibility index (Phi) is 5.21. The van der Waals surface area contributed by atoms with Gasteiger partial charge in [0.25, 0.3) is 5.69 Å². The van der Waals surface area contributed by atoms with Gasteiger partial charge in [0.1, 0.15) is 6.54 Å². The van der Waals surface area contributed by atoms with Crippen LogP contribution in [0.4, 0.5) is 16.2 Å². The maximum Gasteiger partial charge on any atom is 0.323 e. The highest BCUT2D eigenvalue weighted by Crippen LogP contribution is 2.15. The third kappa shape index (κ3) is 4.41. The Hall–Kier alpha value is -2.90. The number of nitrogens with one attached hydrogen (secondary N) is 1. The van der Waals surface area contributed by atoms with Crippen LogP contribution in [0, 0.1) is 10.1 Å². The number of aliphatic carboxylic acids is 1. The quantitative estimate of drug-likeness (QED) is 0.467. The molecule has 0 saturated carbocycles. The molecule has 0 aromatic heterocycles. The normalized spacial score (nSPS) is 9.60. The minimum Gasteiger partial charge on any atom is -0.480 e. The topological polar surface area (TPSA) is 113 Å². The van der Waals surface area contributed by atoms with Gasteiger partial charge in [0.2, 0.25) is 0 Å². The highest BCUT2D eigenvalue weighted by atomic mass is 16.6. The molecule has 0 saturated heterocycles. The number of hydrogen-bond donors (Lipinski definition) is 2. The Morgan fingerprint density at radius 3 is 2.45 bits per heavy atom. The molecule has 0 fully saturated rings. The third-order valence-electron chi connectivity index (χ3n) is 2.29. The molecule has 2 N–H and O–H groups in total. The van der Waals surface area contributed by atoms with Gasteiger partial charge in [-0.05, 0) is 12.1 Å². The summed E-state index contributed by atoms with van der Waals surface area (Å²) in [5.41, 5.74) is 0.233. The van der Waals surface area contributed by atoms with Crippen LogP contribution in [0.25, 0.3) is 0 Å². The van der Waals surface area contributed by atoms with Crippen LogP contribution in [-0.4, -0.2) is 40.0 Å². The smallest absolute Gasteiger partial charge is 0.323 e. The number of nitro benzene ring substituents is 1.